The maximum absolute atomic E-state index is 2.99. The van der Waals surface area contributed by atoms with Gasteiger partial charge in [0.2, 0.25) is 0 Å². The van der Waals surface area contributed by atoms with E-state index in [2.05, 4.69) is 26.9 Å². The molecule has 0 unspecified atom stereocenters. The van der Waals surface area contributed by atoms with Crippen molar-refractivity contribution < 1.29 is 26.2 Å². The number of allylic oxidation sites excluding steroid dienone is 4. The van der Waals surface area contributed by atoms with Crippen LogP contribution in [0.3, 0.4) is 0 Å². The van der Waals surface area contributed by atoms with Crippen molar-refractivity contribution >= 4 is 0 Å². The molecule has 0 radical (unpaired) electrons. The molecular weight excluding hydrogens is 277 g/mol. The van der Waals surface area contributed by atoms with Gasteiger partial charge < -0.3 is 14.7 Å². The molecule has 90 valence electrons. The summed E-state index contributed by atoms with van der Waals surface area (Å²) in [5, 5.41) is 0. The molecule has 1 aliphatic carbocycles. The van der Waals surface area contributed by atoms with Crippen molar-refractivity contribution in [3.05, 3.63) is 30.6 Å². The molecule has 0 saturated carbocycles. The number of rotatable bonds is 3. The Balaban J connectivity index is 0. The van der Waals surface area contributed by atoms with Crippen LogP contribution in [0.15, 0.2) is 18.2 Å². The zero-order valence-corrected chi connectivity index (χ0v) is 13.7. The summed E-state index contributed by atoms with van der Waals surface area (Å²) in [5.74, 6) is 0. The summed E-state index contributed by atoms with van der Waals surface area (Å²) in [4.78, 5) is 6.25. The molecular formula is C12H23N3Zr. The average Bonchev–Trinajstić information content (AvgIpc) is 2.56. The Hall–Kier alpha value is 0.243. The first kappa shape index (κ1) is 18.6. The monoisotopic (exact) mass is 299 g/mol. The third-order valence-electron chi connectivity index (χ3n) is 1.79. The van der Waals surface area contributed by atoms with Crippen molar-refractivity contribution in [3.63, 3.8) is 0 Å². The molecule has 0 aromatic carbocycles. The fraction of sp³-hybridized carbons (Fsp3) is 0.583. The minimum absolute atomic E-state index is 0. The predicted octanol–water partition coefficient (Wildman–Crippen LogP) is 1.42. The Morgan fingerprint density at radius 2 is 1.38 bits per heavy atom. The first-order valence-corrected chi connectivity index (χ1v) is 5.07. The van der Waals surface area contributed by atoms with Crippen LogP contribution < -0.4 is 0 Å². The maximum Gasteiger partial charge on any atom is 2.00 e. The van der Waals surface area contributed by atoms with Gasteiger partial charge in [-0.25, -0.2) is 12.2 Å². The van der Waals surface area contributed by atoms with E-state index in [9.17, 15) is 0 Å². The summed E-state index contributed by atoms with van der Waals surface area (Å²) < 4.78 is 0. The summed E-state index contributed by atoms with van der Waals surface area (Å²) in [6.07, 6.45) is 11.2. The normalized spacial score (nSPS) is 13.4. The Morgan fingerprint density at radius 1 is 0.938 bits per heavy atom. The topological polar surface area (TPSA) is 9.72 Å². The van der Waals surface area contributed by atoms with Crippen molar-refractivity contribution in [1.29, 1.82) is 0 Å². The Labute approximate surface area is 120 Å². The van der Waals surface area contributed by atoms with Gasteiger partial charge in [0, 0.05) is 0 Å². The quantitative estimate of drug-likeness (QED) is 0.730. The van der Waals surface area contributed by atoms with Gasteiger partial charge in [0.05, 0.1) is 0 Å². The molecule has 0 aromatic heterocycles. The first-order valence-electron chi connectivity index (χ1n) is 5.07. The van der Waals surface area contributed by atoms with E-state index in [0.717, 1.165) is 6.42 Å². The van der Waals surface area contributed by atoms with Crippen LogP contribution in [0.5, 0.6) is 0 Å². The third kappa shape index (κ3) is 8.40. The Kier molecular flexibility index (Phi) is 12.1. The number of hydrogen-bond donors (Lipinski definition) is 0. The maximum atomic E-state index is 2.99. The number of nitrogens with zero attached hydrogens (tertiary/aromatic N) is 3. The smallest absolute Gasteiger partial charge is 0.431 e. The molecule has 0 bridgehead atoms. The van der Waals surface area contributed by atoms with Crippen molar-refractivity contribution in [2.75, 3.05) is 42.3 Å². The summed E-state index contributed by atoms with van der Waals surface area (Å²) in [7, 11) is 12.2. The minimum atomic E-state index is 0. The van der Waals surface area contributed by atoms with E-state index in [1.165, 1.54) is 6.29 Å². The molecule has 0 aromatic rings. The third-order valence-corrected chi connectivity index (χ3v) is 1.79. The van der Waals surface area contributed by atoms with E-state index < -0.39 is 0 Å². The van der Waals surface area contributed by atoms with Crippen molar-refractivity contribution in [2.45, 2.75) is 6.42 Å². The van der Waals surface area contributed by atoms with E-state index in [0.29, 0.717) is 0 Å². The second-order valence-corrected chi connectivity index (χ2v) is 3.99. The van der Waals surface area contributed by atoms with Gasteiger partial charge >= 0.3 is 26.2 Å². The van der Waals surface area contributed by atoms with Crippen LogP contribution in [-0.4, -0.2) is 57.0 Å². The van der Waals surface area contributed by atoms with Crippen LogP contribution in [0, 0.1) is 12.4 Å². The largest absolute Gasteiger partial charge is 2.00 e. The second-order valence-electron chi connectivity index (χ2n) is 3.99. The van der Waals surface area contributed by atoms with Gasteiger partial charge in [0.1, 0.15) is 0 Å². The number of hydrogen-bond acceptors (Lipinski definition) is 3. The van der Waals surface area contributed by atoms with Crippen LogP contribution in [0.1, 0.15) is 6.42 Å². The molecule has 1 rings (SSSR count). The fourth-order valence-electron chi connectivity index (χ4n) is 1.54. The Bertz CT molecular complexity index is 181. The average molecular weight is 301 g/mol. The van der Waals surface area contributed by atoms with Gasteiger partial charge in [-0.15, -0.1) is 12.7 Å². The molecule has 1 aliphatic rings. The van der Waals surface area contributed by atoms with Crippen LogP contribution in [-0.2, 0) is 26.2 Å². The minimum Gasteiger partial charge on any atom is -0.431 e. The molecule has 0 aliphatic heterocycles. The summed E-state index contributed by atoms with van der Waals surface area (Å²) in [5.41, 5.74) is 0. The molecule has 0 N–H and O–H groups in total. The SMILES string of the molecule is CN(C)[C-](N(C)C)N(C)C.[C-]1=CC=CC1.[Zr+2]. The van der Waals surface area contributed by atoms with Gasteiger partial charge in [0.25, 0.3) is 0 Å². The molecule has 0 atom stereocenters. The van der Waals surface area contributed by atoms with Crippen LogP contribution >= 0.6 is 0 Å². The van der Waals surface area contributed by atoms with Gasteiger partial charge in [0.15, 0.2) is 0 Å². The van der Waals surface area contributed by atoms with E-state index in [1.807, 2.05) is 54.4 Å². The molecule has 0 fully saturated rings. The molecule has 3 nitrogen and oxygen atoms in total. The van der Waals surface area contributed by atoms with E-state index in [-0.39, 0.29) is 26.2 Å². The first-order chi connectivity index (χ1) is 6.96. The molecule has 16 heavy (non-hydrogen) atoms. The molecule has 0 amide bonds. The fourth-order valence-corrected chi connectivity index (χ4v) is 1.54. The van der Waals surface area contributed by atoms with E-state index in [4.69, 9.17) is 0 Å². The molecule has 0 saturated heterocycles. The summed E-state index contributed by atoms with van der Waals surface area (Å²) in [6.45, 7) is 0. The predicted molar refractivity (Wildman–Crippen MR) is 65.9 cm³/mol. The van der Waals surface area contributed by atoms with Crippen LogP contribution in [0.2, 0.25) is 0 Å². The van der Waals surface area contributed by atoms with Gasteiger partial charge in [-0.1, -0.05) is 0 Å². The van der Waals surface area contributed by atoms with Crippen LogP contribution in [0.4, 0.5) is 0 Å². The zero-order chi connectivity index (χ0) is 11.8. The van der Waals surface area contributed by atoms with Crippen molar-refractivity contribution in [2.24, 2.45) is 0 Å². The van der Waals surface area contributed by atoms with Gasteiger partial charge in [-0.05, 0) is 42.3 Å². The van der Waals surface area contributed by atoms with Crippen LogP contribution in [0.25, 0.3) is 0 Å². The van der Waals surface area contributed by atoms with E-state index >= 15 is 0 Å². The Morgan fingerprint density at radius 3 is 1.44 bits per heavy atom. The molecule has 0 heterocycles. The summed E-state index contributed by atoms with van der Waals surface area (Å²) in [6, 6.07) is 0. The van der Waals surface area contributed by atoms with E-state index in [1.54, 1.807) is 0 Å². The zero-order valence-electron chi connectivity index (χ0n) is 11.3. The summed E-state index contributed by atoms with van der Waals surface area (Å²) >= 11 is 0. The second kappa shape index (κ2) is 10.4. The van der Waals surface area contributed by atoms with Crippen molar-refractivity contribution in [1.82, 2.24) is 14.7 Å². The standard InChI is InChI=1S/C7H18N3.C5H5.Zr/c1-8(2)7(9(3)4)10(5)6;1-2-4-5-3-1;/h1-6H3;1-3H,4H2;/q2*-1;+2. The molecule has 0 spiro atoms. The van der Waals surface area contributed by atoms with Gasteiger partial charge in [-0.3, -0.25) is 6.08 Å². The van der Waals surface area contributed by atoms with Gasteiger partial charge in [-0.2, -0.15) is 6.08 Å². The molecule has 4 heteroatoms. The van der Waals surface area contributed by atoms with Crippen molar-refractivity contribution in [3.8, 4) is 0 Å².